The van der Waals surface area contributed by atoms with E-state index in [1.54, 1.807) is 0 Å². The molecule has 0 spiro atoms. The summed E-state index contributed by atoms with van der Waals surface area (Å²) in [7, 11) is 0. The lowest BCUT2D eigenvalue weighted by molar-refractivity contribution is 0.145. The maximum atomic E-state index is 5.36. The van der Waals surface area contributed by atoms with Crippen LogP contribution in [0.1, 0.15) is 51.5 Å². The third kappa shape index (κ3) is 7.60. The van der Waals surface area contributed by atoms with Gasteiger partial charge in [-0.25, -0.2) is 9.98 Å². The van der Waals surface area contributed by atoms with Gasteiger partial charge in [0.2, 0.25) is 0 Å². The van der Waals surface area contributed by atoms with E-state index in [0.717, 1.165) is 63.2 Å². The Morgan fingerprint density at radius 1 is 1.15 bits per heavy atom. The Hall–Kier alpha value is -1.82. The highest BCUT2D eigenvalue weighted by Gasteiger charge is 2.10. The fourth-order valence-electron chi connectivity index (χ4n) is 3.03. The van der Waals surface area contributed by atoms with E-state index in [1.807, 2.05) is 13.1 Å². The lowest BCUT2D eigenvalue weighted by Crippen LogP contribution is -2.38. The first-order chi connectivity index (χ1) is 12.8. The van der Waals surface area contributed by atoms with Crippen molar-refractivity contribution >= 4 is 11.8 Å². The number of hydrogen-bond acceptors (Lipinski definition) is 4. The molecule has 0 amide bonds. The topological polar surface area (TPSA) is 61.8 Å². The van der Waals surface area contributed by atoms with Gasteiger partial charge < -0.3 is 20.3 Å². The molecule has 1 fully saturated rings. The fourth-order valence-corrected chi connectivity index (χ4v) is 3.03. The van der Waals surface area contributed by atoms with Gasteiger partial charge in [0.05, 0.1) is 6.54 Å². The van der Waals surface area contributed by atoms with E-state index < -0.39 is 0 Å². The molecule has 0 saturated carbocycles. The lowest BCUT2D eigenvalue weighted by Gasteiger charge is -2.21. The minimum atomic E-state index is 0.633. The van der Waals surface area contributed by atoms with Gasteiger partial charge in [0.25, 0.3) is 0 Å². The quantitative estimate of drug-likeness (QED) is 0.402. The molecule has 0 bridgehead atoms. The summed E-state index contributed by atoms with van der Waals surface area (Å²) in [5, 5.41) is 6.63. The third-order valence-corrected chi connectivity index (χ3v) is 4.47. The summed E-state index contributed by atoms with van der Waals surface area (Å²) >= 11 is 0. The molecular formula is C20H35N5O. The maximum Gasteiger partial charge on any atom is 0.191 e. The van der Waals surface area contributed by atoms with Crippen LogP contribution in [-0.2, 0) is 11.3 Å². The van der Waals surface area contributed by atoms with Gasteiger partial charge in [-0.3, -0.25) is 0 Å². The summed E-state index contributed by atoms with van der Waals surface area (Å²) in [5.41, 5.74) is 1.13. The molecule has 1 saturated heterocycles. The first kappa shape index (κ1) is 20.5. The second-order valence-electron chi connectivity index (χ2n) is 6.60. The molecule has 2 heterocycles. The van der Waals surface area contributed by atoms with Crippen molar-refractivity contribution < 1.29 is 4.74 Å². The molecule has 1 aliphatic heterocycles. The van der Waals surface area contributed by atoms with Crippen molar-refractivity contribution in [2.45, 2.75) is 52.5 Å². The van der Waals surface area contributed by atoms with Crippen LogP contribution in [0.3, 0.4) is 0 Å². The average Bonchev–Trinajstić information content (AvgIpc) is 2.96. The maximum absolute atomic E-state index is 5.36. The number of nitrogens with zero attached hydrogens (tertiary/aromatic N) is 3. The molecule has 1 aromatic rings. The molecule has 2 rings (SSSR count). The first-order valence-corrected chi connectivity index (χ1v) is 10.1. The van der Waals surface area contributed by atoms with Gasteiger partial charge in [0.1, 0.15) is 5.82 Å². The van der Waals surface area contributed by atoms with Gasteiger partial charge in [-0.2, -0.15) is 0 Å². The van der Waals surface area contributed by atoms with Crippen LogP contribution < -0.4 is 15.5 Å². The molecule has 0 unspecified atom stereocenters. The largest absolute Gasteiger partial charge is 0.382 e. The molecule has 6 heteroatoms. The first-order valence-electron chi connectivity index (χ1n) is 10.1. The van der Waals surface area contributed by atoms with Crippen LogP contribution in [0.5, 0.6) is 0 Å². The normalized spacial score (nSPS) is 15.6. The SMILES string of the molecule is CCNC(=NCc1ccc(N2CCCCCC2)nc1)NCCCOCC. The van der Waals surface area contributed by atoms with E-state index >= 15 is 0 Å². The van der Waals surface area contributed by atoms with Crippen LogP contribution in [0, 0.1) is 0 Å². The smallest absolute Gasteiger partial charge is 0.191 e. The summed E-state index contributed by atoms with van der Waals surface area (Å²) < 4.78 is 5.36. The molecule has 6 nitrogen and oxygen atoms in total. The molecule has 0 atom stereocenters. The highest BCUT2D eigenvalue weighted by atomic mass is 16.5. The predicted octanol–water partition coefficient (Wildman–Crippen LogP) is 2.94. The molecule has 0 aliphatic carbocycles. The zero-order valence-electron chi connectivity index (χ0n) is 16.5. The van der Waals surface area contributed by atoms with E-state index in [2.05, 4.69) is 44.6 Å². The zero-order chi connectivity index (χ0) is 18.5. The van der Waals surface area contributed by atoms with Gasteiger partial charge in [-0.05, 0) is 44.7 Å². The number of hydrogen-bond donors (Lipinski definition) is 2. The minimum Gasteiger partial charge on any atom is -0.382 e. The number of guanidine groups is 1. The number of aromatic nitrogens is 1. The Morgan fingerprint density at radius 3 is 2.62 bits per heavy atom. The van der Waals surface area contributed by atoms with E-state index in [4.69, 9.17) is 4.74 Å². The second-order valence-corrected chi connectivity index (χ2v) is 6.60. The Balaban J connectivity index is 1.83. The number of pyridine rings is 1. The highest BCUT2D eigenvalue weighted by molar-refractivity contribution is 5.79. The van der Waals surface area contributed by atoms with Crippen LogP contribution in [0.15, 0.2) is 23.3 Å². The van der Waals surface area contributed by atoms with Crippen molar-refractivity contribution in [2.24, 2.45) is 4.99 Å². The van der Waals surface area contributed by atoms with Crippen molar-refractivity contribution in [1.29, 1.82) is 0 Å². The number of rotatable bonds is 9. The zero-order valence-corrected chi connectivity index (χ0v) is 16.5. The molecule has 2 N–H and O–H groups in total. The lowest BCUT2D eigenvalue weighted by atomic mass is 10.2. The molecule has 26 heavy (non-hydrogen) atoms. The van der Waals surface area contributed by atoms with Crippen molar-refractivity contribution in [1.82, 2.24) is 15.6 Å². The second kappa shape index (κ2) is 12.5. The van der Waals surface area contributed by atoms with Crippen molar-refractivity contribution in [3.05, 3.63) is 23.9 Å². The standard InChI is InChI=1S/C20H35N5O/c1-3-21-20(22-12-9-15-26-4-2)24-17-18-10-11-19(23-16-18)25-13-7-5-6-8-14-25/h10-11,16H,3-9,12-15,17H2,1-2H3,(H2,21,22,24). The average molecular weight is 362 g/mol. The van der Waals surface area contributed by atoms with Crippen LogP contribution >= 0.6 is 0 Å². The van der Waals surface area contributed by atoms with Gasteiger partial charge >= 0.3 is 0 Å². The Kier molecular flexibility index (Phi) is 9.87. The van der Waals surface area contributed by atoms with Crippen molar-refractivity contribution in [3.63, 3.8) is 0 Å². The molecule has 0 radical (unpaired) electrons. The van der Waals surface area contributed by atoms with E-state index in [9.17, 15) is 0 Å². The van der Waals surface area contributed by atoms with Crippen LogP contribution in [0.2, 0.25) is 0 Å². The fraction of sp³-hybridized carbons (Fsp3) is 0.700. The van der Waals surface area contributed by atoms with E-state index in [1.165, 1.54) is 25.7 Å². The van der Waals surface area contributed by atoms with E-state index in [-0.39, 0.29) is 0 Å². The Bertz CT molecular complexity index is 509. The third-order valence-electron chi connectivity index (χ3n) is 4.47. The molecule has 146 valence electrons. The van der Waals surface area contributed by atoms with Gasteiger partial charge in [-0.15, -0.1) is 0 Å². The Labute approximate surface area is 158 Å². The van der Waals surface area contributed by atoms with Gasteiger partial charge in [0.15, 0.2) is 5.96 Å². The summed E-state index contributed by atoms with van der Waals surface area (Å²) in [5.74, 6) is 1.95. The van der Waals surface area contributed by atoms with Crippen LogP contribution in [-0.4, -0.2) is 50.3 Å². The number of ether oxygens (including phenoxy) is 1. The summed E-state index contributed by atoms with van der Waals surface area (Å²) in [6.45, 7) is 10.2. The predicted molar refractivity (Wildman–Crippen MR) is 109 cm³/mol. The monoisotopic (exact) mass is 361 g/mol. The van der Waals surface area contributed by atoms with Crippen LogP contribution in [0.25, 0.3) is 0 Å². The van der Waals surface area contributed by atoms with Crippen molar-refractivity contribution in [2.75, 3.05) is 44.3 Å². The van der Waals surface area contributed by atoms with Gasteiger partial charge in [-0.1, -0.05) is 18.9 Å². The molecule has 1 aliphatic rings. The number of anilines is 1. The van der Waals surface area contributed by atoms with E-state index in [0.29, 0.717) is 6.54 Å². The molecule has 1 aromatic heterocycles. The summed E-state index contributed by atoms with van der Waals surface area (Å²) in [4.78, 5) is 11.7. The number of nitrogens with one attached hydrogen (secondary N) is 2. The highest BCUT2D eigenvalue weighted by Crippen LogP contribution is 2.17. The minimum absolute atomic E-state index is 0.633. The molecular weight excluding hydrogens is 326 g/mol. The van der Waals surface area contributed by atoms with Crippen LogP contribution in [0.4, 0.5) is 5.82 Å². The number of aliphatic imine (C=N–C) groups is 1. The summed E-state index contributed by atoms with van der Waals surface area (Å²) in [6, 6.07) is 4.29. The Morgan fingerprint density at radius 2 is 1.96 bits per heavy atom. The van der Waals surface area contributed by atoms with Crippen molar-refractivity contribution in [3.8, 4) is 0 Å². The molecule has 0 aromatic carbocycles. The van der Waals surface area contributed by atoms with Gasteiger partial charge in [0, 0.05) is 45.6 Å². The summed E-state index contributed by atoms with van der Waals surface area (Å²) in [6.07, 6.45) is 8.17.